The summed E-state index contributed by atoms with van der Waals surface area (Å²) in [5.74, 6) is -0.106. The van der Waals surface area contributed by atoms with Crippen molar-refractivity contribution in [3.63, 3.8) is 0 Å². The predicted octanol–water partition coefficient (Wildman–Crippen LogP) is 2.57. The summed E-state index contributed by atoms with van der Waals surface area (Å²) in [6, 6.07) is 4.99. The van der Waals surface area contributed by atoms with Crippen LogP contribution in [-0.4, -0.2) is 76.5 Å². The third-order valence-corrected chi connectivity index (χ3v) is 7.55. The summed E-state index contributed by atoms with van der Waals surface area (Å²) in [5, 5.41) is 0. The summed E-state index contributed by atoms with van der Waals surface area (Å²) in [5.41, 5.74) is 1.32. The van der Waals surface area contributed by atoms with E-state index in [-0.39, 0.29) is 16.9 Å². The van der Waals surface area contributed by atoms with Crippen molar-refractivity contribution in [1.82, 2.24) is 9.21 Å². The van der Waals surface area contributed by atoms with Gasteiger partial charge >= 0.3 is 0 Å². The van der Waals surface area contributed by atoms with Gasteiger partial charge in [-0.3, -0.25) is 4.79 Å². The van der Waals surface area contributed by atoms with Gasteiger partial charge in [-0.2, -0.15) is 0 Å². The summed E-state index contributed by atoms with van der Waals surface area (Å²) in [7, 11) is -0.598. The molecule has 3 rings (SSSR count). The molecule has 1 aromatic rings. The van der Waals surface area contributed by atoms with Crippen LogP contribution in [0.2, 0.25) is 0 Å². The van der Waals surface area contributed by atoms with Crippen molar-refractivity contribution in [1.29, 1.82) is 0 Å². The number of carbonyl (C=O) groups is 1. The van der Waals surface area contributed by atoms with Crippen LogP contribution < -0.4 is 4.90 Å². The van der Waals surface area contributed by atoms with Crippen LogP contribution in [0.4, 0.5) is 5.69 Å². The van der Waals surface area contributed by atoms with Crippen molar-refractivity contribution in [2.75, 3.05) is 51.8 Å². The van der Waals surface area contributed by atoms with Crippen molar-refractivity contribution in [3.8, 4) is 0 Å². The lowest BCUT2D eigenvalue weighted by molar-refractivity contribution is 0.00725. The molecule has 0 aliphatic carbocycles. The molecule has 1 atom stereocenters. The van der Waals surface area contributed by atoms with Gasteiger partial charge in [0.2, 0.25) is 10.0 Å². The lowest BCUT2D eigenvalue weighted by Gasteiger charge is -2.35. The number of benzene rings is 1. The number of piperidine rings is 2. The minimum atomic E-state index is -3.61. The summed E-state index contributed by atoms with van der Waals surface area (Å²) in [6.07, 6.45) is 5.25. The summed E-state index contributed by atoms with van der Waals surface area (Å²) in [6.45, 7) is 5.60. The zero-order chi connectivity index (χ0) is 21.0. The molecule has 7 nitrogen and oxygen atoms in total. The van der Waals surface area contributed by atoms with Crippen molar-refractivity contribution >= 4 is 21.6 Å². The molecule has 2 saturated heterocycles. The minimum absolute atomic E-state index is 0.0461. The molecule has 1 unspecified atom stereocenters. The van der Waals surface area contributed by atoms with E-state index in [0.717, 1.165) is 44.5 Å². The zero-order valence-electron chi connectivity index (χ0n) is 17.8. The Kier molecular flexibility index (Phi) is 7.19. The number of anilines is 1. The first kappa shape index (κ1) is 22.1. The largest absolute Gasteiger partial charge is 0.377 e. The van der Waals surface area contributed by atoms with Crippen molar-refractivity contribution in [2.45, 2.75) is 50.0 Å². The molecule has 0 saturated carbocycles. The van der Waals surface area contributed by atoms with Crippen LogP contribution in [-0.2, 0) is 14.8 Å². The van der Waals surface area contributed by atoms with Crippen LogP contribution in [0.15, 0.2) is 23.1 Å². The molecule has 2 heterocycles. The van der Waals surface area contributed by atoms with Crippen molar-refractivity contribution in [2.24, 2.45) is 0 Å². The standard InChI is InChI=1S/C21H33N3O4S/c1-4-28-17-9-8-14-24(16-17)21(25)19-15-18(29(26,27)22(2)3)10-11-20(19)23-12-6-5-7-13-23/h10-11,15,17H,4-9,12-14,16H2,1-3H3. The third kappa shape index (κ3) is 4.92. The first-order valence-electron chi connectivity index (χ1n) is 10.6. The molecular formula is C21H33N3O4S. The quantitative estimate of drug-likeness (QED) is 0.703. The Morgan fingerprint density at radius 3 is 2.52 bits per heavy atom. The average Bonchev–Trinajstić information content (AvgIpc) is 2.73. The van der Waals surface area contributed by atoms with Crippen molar-refractivity contribution in [3.05, 3.63) is 23.8 Å². The van der Waals surface area contributed by atoms with E-state index >= 15 is 0 Å². The first-order chi connectivity index (χ1) is 13.8. The fraction of sp³-hybridized carbons (Fsp3) is 0.667. The number of likely N-dealkylation sites (tertiary alicyclic amines) is 1. The van der Waals surface area contributed by atoms with Gasteiger partial charge in [0.15, 0.2) is 0 Å². The van der Waals surface area contributed by atoms with Gasteiger partial charge in [-0.15, -0.1) is 0 Å². The Labute approximate surface area is 174 Å². The van der Waals surface area contributed by atoms with E-state index in [9.17, 15) is 13.2 Å². The van der Waals surface area contributed by atoms with Gasteiger partial charge in [0.25, 0.3) is 5.91 Å². The second-order valence-corrected chi connectivity index (χ2v) is 10.1. The Morgan fingerprint density at radius 1 is 1.14 bits per heavy atom. The fourth-order valence-electron chi connectivity index (χ4n) is 4.13. The van der Waals surface area contributed by atoms with Gasteiger partial charge < -0.3 is 14.5 Å². The highest BCUT2D eigenvalue weighted by molar-refractivity contribution is 7.89. The maximum atomic E-state index is 13.5. The Morgan fingerprint density at radius 2 is 1.86 bits per heavy atom. The molecule has 2 fully saturated rings. The van der Waals surface area contributed by atoms with Gasteiger partial charge in [0, 0.05) is 52.6 Å². The molecule has 0 bridgehead atoms. The SMILES string of the molecule is CCOC1CCCN(C(=O)c2cc(S(=O)(=O)N(C)C)ccc2N2CCCCC2)C1. The fourth-order valence-corrected chi connectivity index (χ4v) is 5.06. The summed E-state index contributed by atoms with van der Waals surface area (Å²) < 4.78 is 32.3. The molecule has 0 spiro atoms. The zero-order valence-corrected chi connectivity index (χ0v) is 18.6. The molecule has 1 amide bonds. The normalized spacial score (nSPS) is 20.9. The van der Waals surface area contributed by atoms with Gasteiger partial charge in [-0.1, -0.05) is 0 Å². The lowest BCUT2D eigenvalue weighted by atomic mass is 10.0. The lowest BCUT2D eigenvalue weighted by Crippen LogP contribution is -2.44. The van der Waals surface area contributed by atoms with Gasteiger partial charge in [-0.25, -0.2) is 12.7 Å². The first-order valence-corrected chi connectivity index (χ1v) is 12.0. The van der Waals surface area contributed by atoms with E-state index in [2.05, 4.69) is 4.90 Å². The van der Waals surface area contributed by atoms with Crippen LogP contribution in [0, 0.1) is 0 Å². The van der Waals surface area contributed by atoms with E-state index in [1.54, 1.807) is 18.2 Å². The molecule has 1 aromatic carbocycles. The van der Waals surface area contributed by atoms with Crippen LogP contribution in [0.5, 0.6) is 0 Å². The number of sulfonamides is 1. The number of nitrogens with zero attached hydrogens (tertiary/aromatic N) is 3. The highest BCUT2D eigenvalue weighted by Gasteiger charge is 2.29. The average molecular weight is 424 g/mol. The van der Waals surface area contributed by atoms with Crippen LogP contribution in [0.1, 0.15) is 49.4 Å². The molecule has 29 heavy (non-hydrogen) atoms. The van der Waals surface area contributed by atoms with Crippen LogP contribution in [0.25, 0.3) is 0 Å². The molecule has 2 aliphatic rings. The van der Waals surface area contributed by atoms with E-state index in [0.29, 0.717) is 25.3 Å². The number of hydrogen-bond acceptors (Lipinski definition) is 5. The molecule has 2 aliphatic heterocycles. The maximum Gasteiger partial charge on any atom is 0.256 e. The monoisotopic (exact) mass is 423 g/mol. The topological polar surface area (TPSA) is 70.2 Å². The molecule has 0 radical (unpaired) electrons. The number of carbonyl (C=O) groups excluding carboxylic acids is 1. The molecular weight excluding hydrogens is 390 g/mol. The third-order valence-electron chi connectivity index (χ3n) is 5.74. The van der Waals surface area contributed by atoms with E-state index in [4.69, 9.17) is 4.74 Å². The van der Waals surface area contributed by atoms with Gasteiger partial charge in [0.05, 0.1) is 16.6 Å². The number of hydrogen-bond donors (Lipinski definition) is 0. The number of amides is 1. The number of rotatable bonds is 6. The molecule has 0 N–H and O–H groups in total. The van der Waals surface area contributed by atoms with Gasteiger partial charge in [0.1, 0.15) is 0 Å². The smallest absolute Gasteiger partial charge is 0.256 e. The van der Waals surface area contributed by atoms with E-state index < -0.39 is 10.0 Å². The van der Waals surface area contributed by atoms with Gasteiger partial charge in [-0.05, 0) is 57.2 Å². The molecule has 0 aromatic heterocycles. The predicted molar refractivity (Wildman–Crippen MR) is 114 cm³/mol. The second-order valence-electron chi connectivity index (χ2n) is 7.98. The highest BCUT2D eigenvalue weighted by atomic mass is 32.2. The molecule has 162 valence electrons. The second kappa shape index (κ2) is 9.45. The Balaban J connectivity index is 1.97. The van der Waals surface area contributed by atoms with E-state index in [1.165, 1.54) is 24.8 Å². The maximum absolute atomic E-state index is 13.5. The van der Waals surface area contributed by atoms with Crippen LogP contribution >= 0.6 is 0 Å². The number of ether oxygens (including phenoxy) is 1. The van der Waals surface area contributed by atoms with Crippen LogP contribution in [0.3, 0.4) is 0 Å². The minimum Gasteiger partial charge on any atom is -0.377 e. The Bertz CT molecular complexity index is 817. The molecule has 8 heteroatoms. The summed E-state index contributed by atoms with van der Waals surface area (Å²) >= 11 is 0. The van der Waals surface area contributed by atoms with Crippen molar-refractivity contribution < 1.29 is 17.9 Å². The Hall–Kier alpha value is -1.64. The highest BCUT2D eigenvalue weighted by Crippen LogP contribution is 2.30. The summed E-state index contributed by atoms with van der Waals surface area (Å²) in [4.78, 5) is 17.7. The van der Waals surface area contributed by atoms with E-state index in [1.807, 2.05) is 11.8 Å².